The first-order valence-corrected chi connectivity index (χ1v) is 32.3. The molecule has 0 saturated carbocycles. The molecule has 542 valence electrons. The molecule has 5 aromatic rings. The molecule has 11 bridgehead atoms. The van der Waals surface area contributed by atoms with Crippen molar-refractivity contribution in [2.24, 2.45) is 11.7 Å². The molecule has 101 heavy (non-hydrogen) atoms. The van der Waals surface area contributed by atoms with Gasteiger partial charge in [0.1, 0.15) is 89.5 Å². The Kier molecular flexibility index (Phi) is 22.2. The molecule has 12 rings (SSSR count). The lowest BCUT2D eigenvalue weighted by molar-refractivity contribution is -0.333. The highest BCUT2D eigenvalue weighted by molar-refractivity contribution is 6.32. The van der Waals surface area contributed by atoms with Crippen molar-refractivity contribution in [1.29, 1.82) is 0 Å². The summed E-state index contributed by atoms with van der Waals surface area (Å²) in [5.74, 6) is -16.5. The molecule has 33 nitrogen and oxygen atoms in total. The summed E-state index contributed by atoms with van der Waals surface area (Å²) in [4.78, 5) is 117. The maximum atomic E-state index is 15.9. The van der Waals surface area contributed by atoms with Gasteiger partial charge in [0.15, 0.2) is 29.9 Å². The minimum Gasteiger partial charge on any atom is -0.508 e. The van der Waals surface area contributed by atoms with E-state index in [0.717, 1.165) is 72.8 Å². The Morgan fingerprint density at radius 2 is 1.33 bits per heavy atom. The van der Waals surface area contributed by atoms with E-state index in [1.807, 2.05) is 13.8 Å². The van der Waals surface area contributed by atoms with Gasteiger partial charge in [0.2, 0.25) is 47.5 Å². The van der Waals surface area contributed by atoms with Crippen molar-refractivity contribution in [3.8, 4) is 57.1 Å². The van der Waals surface area contributed by atoms with Crippen LogP contribution in [0.1, 0.15) is 98.7 Å². The van der Waals surface area contributed by atoms with Crippen LogP contribution in [0.3, 0.4) is 0 Å². The van der Waals surface area contributed by atoms with E-state index in [1.54, 1.807) is 11.9 Å². The van der Waals surface area contributed by atoms with E-state index in [1.165, 1.54) is 19.9 Å². The van der Waals surface area contributed by atoms with Gasteiger partial charge in [-0.2, -0.15) is 0 Å². The van der Waals surface area contributed by atoms with Crippen LogP contribution in [-0.4, -0.2) is 208 Å². The number of carbonyl (C=O) groups excluding carboxylic acids is 6. The second-order valence-corrected chi connectivity index (χ2v) is 26.6. The fourth-order valence-corrected chi connectivity index (χ4v) is 13.0. The van der Waals surface area contributed by atoms with Crippen LogP contribution in [0.25, 0.3) is 11.1 Å². The molecule has 19 N–H and O–H groups in total. The third-order valence-corrected chi connectivity index (χ3v) is 18.1. The largest absolute Gasteiger partial charge is 0.508 e. The monoisotopic (exact) mass is 1450 g/mol. The Bertz CT molecular complexity index is 4070. The molecular formula is C66H74Cl2N8O25. The van der Waals surface area contributed by atoms with E-state index in [0.29, 0.717) is 6.54 Å². The number of fused-ring (bicyclic) bond motifs is 16. The standard InChI is InChI=1S/C66H74Cl2N8O25/c1-24(2)21-76(5)22-44(82)72-50-52(83)27-7-10-38(33(67)13-27)97-40-15-29-16-41(56(40)101-65-57(55(86)54(85)42(23-77)99-65)100-45-20-66(4,69)58(87)25(3)96-45)98-39-11-8-28(14-34(39)68)53(84)51-62(91)74-49(64(94)95)32-17-30(78)18-37(80)46(32)31-12-26(6-9-36(31)79)47(59(88)75-51)73-60(89)48(29)71-43(81)19-35(63(92)93)70-61(50)90/h6-18,24-25,35,42,45,47-55,57-58,65,77-80,83-87H,19-23,69H2,1-5H3,(H,70,90)(H,71,81)(H,72,82)(H,73,89)(H,74,91)(H,75,88)(H,92,93)(H,94,95)/t25?,35?,42-,45?,47?,48?,49?,50?,51?,52?,53?,54-,55+,57-,58?,65+,66?/m1/s1. The number of nitrogens with two attached hydrogens (primary N) is 1. The maximum Gasteiger partial charge on any atom is 0.330 e. The quantitative estimate of drug-likeness (QED) is 0.0816. The second-order valence-electron chi connectivity index (χ2n) is 25.8. The van der Waals surface area contributed by atoms with Crippen molar-refractivity contribution in [3.63, 3.8) is 0 Å². The summed E-state index contributed by atoms with van der Waals surface area (Å²) < 4.78 is 38.2. The predicted octanol–water partition coefficient (Wildman–Crippen LogP) is 0.659. The number of benzene rings is 5. The number of aromatic hydroxyl groups is 3. The van der Waals surface area contributed by atoms with Crippen molar-refractivity contribution in [1.82, 2.24) is 36.8 Å². The van der Waals surface area contributed by atoms with E-state index < -0.39 is 236 Å². The lowest BCUT2D eigenvalue weighted by Crippen LogP contribution is -2.64. The number of phenolic OH excluding ortho intramolecular Hbond substituents is 3. The highest BCUT2D eigenvalue weighted by Crippen LogP contribution is 2.50. The third kappa shape index (κ3) is 16.1. The number of nitrogens with one attached hydrogen (secondary N) is 6. The topological polar surface area (TPSA) is 516 Å². The Morgan fingerprint density at radius 1 is 0.713 bits per heavy atom. The number of halogens is 2. The van der Waals surface area contributed by atoms with E-state index in [9.17, 15) is 84.9 Å². The van der Waals surface area contributed by atoms with Gasteiger partial charge < -0.3 is 122 Å². The van der Waals surface area contributed by atoms with Gasteiger partial charge in [0.25, 0.3) is 0 Å². The molecule has 7 aliphatic heterocycles. The predicted molar refractivity (Wildman–Crippen MR) is 348 cm³/mol. The van der Waals surface area contributed by atoms with Gasteiger partial charge in [0.05, 0.1) is 41.8 Å². The van der Waals surface area contributed by atoms with Gasteiger partial charge in [-0.25, -0.2) is 9.59 Å². The Hall–Kier alpha value is -9.20. The molecule has 7 aliphatic rings. The number of likely N-dealkylation sites (N-methyl/N-ethyl adjacent to an activating group) is 1. The van der Waals surface area contributed by atoms with E-state index in [-0.39, 0.29) is 41.3 Å². The number of aliphatic hydroxyl groups excluding tert-OH is 6. The molecule has 0 radical (unpaired) electrons. The number of carbonyl (C=O) groups is 8. The third-order valence-electron chi connectivity index (χ3n) is 17.5. The molecule has 2 saturated heterocycles. The minimum atomic E-state index is -2.31. The SMILES string of the molecule is CC(C)CN(C)CC(=O)NC1C(=O)NC(C(=O)O)CC(=O)NC2C(=O)NC3C(=O)NC(C(=O)NC(C(=O)O)c4cc(O)cc(O)c4-c4cc3ccc4O)C(O)c3ccc(c(Cl)c3)Oc3cc2cc(c3O[C@@H]2O[C@H](CO)[C@@H](O)[C@H](O)[C@H]2OC2CC(C)(N)C(O)C(C)O2)Oc2ccc(cc2Cl)C1O. The van der Waals surface area contributed by atoms with Crippen LogP contribution in [0.4, 0.5) is 0 Å². The van der Waals surface area contributed by atoms with Gasteiger partial charge in [-0.1, -0.05) is 55.2 Å². The van der Waals surface area contributed by atoms with Gasteiger partial charge in [-0.3, -0.25) is 33.7 Å². The summed E-state index contributed by atoms with van der Waals surface area (Å²) >= 11 is 14.1. The number of carboxylic acids is 2. The van der Waals surface area contributed by atoms with Crippen LogP contribution >= 0.6 is 23.2 Å². The van der Waals surface area contributed by atoms with Crippen molar-refractivity contribution >= 4 is 70.6 Å². The maximum absolute atomic E-state index is 15.9. The van der Waals surface area contributed by atoms with Crippen molar-refractivity contribution < 1.29 is 123 Å². The van der Waals surface area contributed by atoms with E-state index >= 15 is 9.59 Å². The van der Waals surface area contributed by atoms with Crippen LogP contribution in [0, 0.1) is 5.92 Å². The summed E-state index contributed by atoms with van der Waals surface area (Å²) in [5.41, 5.74) is 2.22. The molecular weight excluding hydrogens is 1380 g/mol. The molecule has 0 spiro atoms. The first-order chi connectivity index (χ1) is 47.6. The van der Waals surface area contributed by atoms with Gasteiger partial charge in [-0.05, 0) is 104 Å². The van der Waals surface area contributed by atoms with Crippen LogP contribution in [-0.2, 0) is 52.6 Å². The highest BCUT2D eigenvalue weighted by atomic mass is 35.5. The summed E-state index contributed by atoms with van der Waals surface area (Å²) in [6, 6.07) is 0.0856. The molecule has 17 atom stereocenters. The first-order valence-electron chi connectivity index (χ1n) is 31.5. The zero-order valence-corrected chi connectivity index (χ0v) is 55.8. The number of carboxylic acid groups (broad SMARTS) is 2. The molecule has 7 heterocycles. The lowest BCUT2D eigenvalue weighted by Gasteiger charge is -2.47. The average molecular weight is 1450 g/mol. The molecule has 0 aliphatic carbocycles. The molecule has 5 aromatic carbocycles. The molecule has 2 fully saturated rings. The Labute approximate surface area is 583 Å². The van der Waals surface area contributed by atoms with Crippen LogP contribution in [0.5, 0.6) is 46.0 Å². The summed E-state index contributed by atoms with van der Waals surface area (Å²) in [6.07, 6.45) is -19.0. The molecule has 6 amide bonds. The van der Waals surface area contributed by atoms with Gasteiger partial charge in [-0.15, -0.1) is 0 Å². The Balaban J connectivity index is 1.22. The van der Waals surface area contributed by atoms with Crippen molar-refractivity contribution in [2.45, 2.75) is 144 Å². The van der Waals surface area contributed by atoms with E-state index in [2.05, 4.69) is 31.9 Å². The second kappa shape index (κ2) is 30.2. The molecule has 0 aromatic heterocycles. The molecule has 12 unspecified atom stereocenters. The van der Waals surface area contributed by atoms with Crippen LogP contribution in [0.15, 0.2) is 78.9 Å². The fraction of sp³-hybridized carbons (Fsp3) is 0.424. The number of amides is 6. The highest BCUT2D eigenvalue weighted by Gasteiger charge is 2.51. The van der Waals surface area contributed by atoms with Crippen LogP contribution < -0.4 is 51.8 Å². The summed E-state index contributed by atoms with van der Waals surface area (Å²) in [7, 11) is 1.61. The average Bonchev–Trinajstić information content (AvgIpc) is 0.903. The number of rotatable bonds is 12. The zero-order chi connectivity index (χ0) is 73.5. The lowest BCUT2D eigenvalue weighted by atomic mass is 9.86. The zero-order valence-electron chi connectivity index (χ0n) is 54.3. The van der Waals surface area contributed by atoms with E-state index in [4.69, 9.17) is 57.4 Å². The number of nitrogens with zero attached hydrogens (tertiary/aromatic N) is 1. The fourth-order valence-electron chi connectivity index (χ4n) is 12.5. The van der Waals surface area contributed by atoms with Gasteiger partial charge in [0, 0.05) is 41.3 Å². The number of hydrogen-bond donors (Lipinski definition) is 18. The van der Waals surface area contributed by atoms with Crippen molar-refractivity contribution in [2.75, 3.05) is 26.7 Å². The number of hydrogen-bond acceptors (Lipinski definition) is 25. The summed E-state index contributed by atoms with van der Waals surface area (Å²) in [6.45, 7) is 5.83. The summed E-state index contributed by atoms with van der Waals surface area (Å²) in [5, 5.41) is 138. The first kappa shape index (κ1) is 74.5. The number of aliphatic hydroxyl groups is 6. The van der Waals surface area contributed by atoms with Crippen molar-refractivity contribution in [3.05, 3.63) is 117 Å². The van der Waals surface area contributed by atoms with Gasteiger partial charge >= 0.3 is 11.9 Å². The number of phenols is 3. The Morgan fingerprint density at radius 3 is 1.92 bits per heavy atom. The number of ether oxygens (including phenoxy) is 6. The normalized spacial score (nSPS) is 29.3. The molecule has 35 heteroatoms. The van der Waals surface area contributed by atoms with Crippen LogP contribution in [0.2, 0.25) is 10.0 Å². The smallest absolute Gasteiger partial charge is 0.330 e. The minimum absolute atomic E-state index is 0.0651. The number of aliphatic carboxylic acids is 2.